The number of pyridine rings is 1. The first-order chi connectivity index (χ1) is 15.6. The third kappa shape index (κ3) is 4.14. The van der Waals surface area contributed by atoms with Gasteiger partial charge in [-0.2, -0.15) is 11.3 Å². The largest absolute Gasteiger partial charge is 0.355 e. The van der Waals surface area contributed by atoms with Crippen molar-refractivity contribution in [1.82, 2.24) is 4.98 Å². The van der Waals surface area contributed by atoms with Crippen LogP contribution in [0, 0.1) is 13.8 Å². The summed E-state index contributed by atoms with van der Waals surface area (Å²) in [5.74, 6) is 0.135. The van der Waals surface area contributed by atoms with Crippen LogP contribution in [0.4, 0.5) is 11.4 Å². The molecule has 2 aromatic carbocycles. The number of nitrogens with one attached hydrogen (secondary N) is 1. The van der Waals surface area contributed by atoms with Gasteiger partial charge >= 0.3 is 0 Å². The molecule has 0 bridgehead atoms. The van der Waals surface area contributed by atoms with E-state index in [1.807, 2.05) is 37.3 Å². The van der Waals surface area contributed by atoms with E-state index in [1.54, 1.807) is 11.3 Å². The number of carbonyl (C=O) groups excluding carboxylic acids is 1. The maximum atomic E-state index is 12.8. The van der Waals surface area contributed by atoms with Gasteiger partial charge in [-0.1, -0.05) is 48.0 Å². The lowest BCUT2D eigenvalue weighted by molar-refractivity contribution is 0.0993. The van der Waals surface area contributed by atoms with Crippen LogP contribution in [-0.4, -0.2) is 10.8 Å². The van der Waals surface area contributed by atoms with Crippen molar-refractivity contribution in [3.8, 4) is 11.3 Å². The molecule has 1 aliphatic carbocycles. The van der Waals surface area contributed by atoms with Crippen LogP contribution in [0.5, 0.6) is 0 Å². The molecule has 5 rings (SSSR count). The smallest absolute Gasteiger partial charge is 0.167 e. The second-order valence-electron chi connectivity index (χ2n) is 8.28. The maximum absolute atomic E-state index is 12.8. The molecule has 0 fully saturated rings. The number of rotatable bonds is 6. The van der Waals surface area contributed by atoms with Gasteiger partial charge in [0, 0.05) is 46.3 Å². The van der Waals surface area contributed by atoms with Crippen LogP contribution in [0.1, 0.15) is 38.3 Å². The summed E-state index contributed by atoms with van der Waals surface area (Å²) in [7, 11) is 0. The zero-order chi connectivity index (χ0) is 22.1. The van der Waals surface area contributed by atoms with E-state index in [1.165, 1.54) is 0 Å². The Labute approximate surface area is 192 Å². The standard InChI is InChI=1S/C28H24N2OS/c1-18-5-3-6-21(13-18)28(31)15-20-10-9-19(2)25(14-20)30-27-16-26(22-11-12-32-17-22)29-24-8-4-7-23(24)27/h3-7,9-14,16-17H,8,15H2,1-2H3,(H,29,30). The molecule has 2 heterocycles. The van der Waals surface area contributed by atoms with Crippen LogP contribution < -0.4 is 5.32 Å². The fourth-order valence-electron chi connectivity index (χ4n) is 4.06. The zero-order valence-corrected chi connectivity index (χ0v) is 19.0. The number of hydrogen-bond donors (Lipinski definition) is 1. The molecule has 1 aliphatic rings. The lowest BCUT2D eigenvalue weighted by Gasteiger charge is -2.16. The molecular weight excluding hydrogens is 412 g/mol. The van der Waals surface area contributed by atoms with Gasteiger partial charge < -0.3 is 5.32 Å². The normalized spacial score (nSPS) is 12.1. The fourth-order valence-corrected chi connectivity index (χ4v) is 4.71. The molecule has 0 radical (unpaired) electrons. The fraction of sp³-hybridized carbons (Fsp3) is 0.143. The minimum absolute atomic E-state index is 0.135. The van der Waals surface area contributed by atoms with Gasteiger partial charge in [-0.05, 0) is 54.6 Å². The van der Waals surface area contributed by atoms with Gasteiger partial charge in [-0.3, -0.25) is 9.78 Å². The summed E-state index contributed by atoms with van der Waals surface area (Å²) in [6, 6.07) is 18.2. The molecule has 0 aliphatic heterocycles. The average Bonchev–Trinajstić information content (AvgIpc) is 3.48. The van der Waals surface area contributed by atoms with Gasteiger partial charge in [0.1, 0.15) is 0 Å². The number of ketones is 1. The number of fused-ring (bicyclic) bond motifs is 1. The van der Waals surface area contributed by atoms with Gasteiger partial charge in [0.2, 0.25) is 0 Å². The summed E-state index contributed by atoms with van der Waals surface area (Å²) in [4.78, 5) is 17.7. The van der Waals surface area contributed by atoms with Crippen molar-refractivity contribution < 1.29 is 4.79 Å². The van der Waals surface area contributed by atoms with Crippen LogP contribution in [0.25, 0.3) is 17.3 Å². The van der Waals surface area contributed by atoms with Gasteiger partial charge in [0.05, 0.1) is 11.4 Å². The number of hydrogen-bond acceptors (Lipinski definition) is 4. The number of aromatic nitrogens is 1. The van der Waals surface area contributed by atoms with Gasteiger partial charge in [0.15, 0.2) is 5.78 Å². The number of benzene rings is 2. The Morgan fingerprint density at radius 2 is 1.97 bits per heavy atom. The van der Waals surface area contributed by atoms with Gasteiger partial charge in [-0.25, -0.2) is 0 Å². The topological polar surface area (TPSA) is 42.0 Å². The van der Waals surface area contributed by atoms with E-state index in [0.29, 0.717) is 6.42 Å². The summed E-state index contributed by atoms with van der Waals surface area (Å²) in [5, 5.41) is 7.84. The Kier molecular flexibility index (Phi) is 5.46. The second kappa shape index (κ2) is 8.56. The molecule has 3 nitrogen and oxygen atoms in total. The Balaban J connectivity index is 1.45. The molecule has 0 atom stereocenters. The highest BCUT2D eigenvalue weighted by Gasteiger charge is 2.16. The van der Waals surface area contributed by atoms with E-state index < -0.39 is 0 Å². The average molecular weight is 437 g/mol. The van der Waals surface area contributed by atoms with E-state index in [2.05, 4.69) is 59.4 Å². The first-order valence-electron chi connectivity index (χ1n) is 10.8. The number of allylic oxidation sites excluding steroid dienone is 1. The van der Waals surface area contributed by atoms with Crippen LogP contribution in [0.15, 0.2) is 71.4 Å². The molecule has 0 saturated carbocycles. The molecule has 0 spiro atoms. The van der Waals surface area contributed by atoms with Crippen LogP contribution in [-0.2, 0) is 12.8 Å². The Hall–Kier alpha value is -3.50. The summed E-state index contributed by atoms with van der Waals surface area (Å²) >= 11 is 1.68. The van der Waals surface area contributed by atoms with E-state index in [9.17, 15) is 4.79 Å². The van der Waals surface area contributed by atoms with E-state index in [-0.39, 0.29) is 5.78 Å². The van der Waals surface area contributed by atoms with Crippen molar-refractivity contribution >= 4 is 34.6 Å². The molecule has 4 heteroatoms. The van der Waals surface area contributed by atoms with E-state index in [4.69, 9.17) is 4.98 Å². The van der Waals surface area contributed by atoms with Crippen molar-refractivity contribution in [3.05, 3.63) is 105 Å². The number of anilines is 2. The summed E-state index contributed by atoms with van der Waals surface area (Å²) in [6.07, 6.45) is 5.53. The summed E-state index contributed by atoms with van der Waals surface area (Å²) in [6.45, 7) is 4.10. The number of Topliss-reactive ketones (excluding diaryl/α,β-unsaturated/α-hetero) is 1. The third-order valence-corrected chi connectivity index (χ3v) is 6.51. The number of carbonyl (C=O) groups is 1. The SMILES string of the molecule is Cc1cccc(C(=O)Cc2ccc(C)c(Nc3cc(-c4ccsc4)nc4c3C=CC4)c2)c1. The first-order valence-corrected chi connectivity index (χ1v) is 11.7. The predicted octanol–water partition coefficient (Wildman–Crippen LogP) is 7.17. The summed E-state index contributed by atoms with van der Waals surface area (Å²) in [5.41, 5.74) is 10.4. The molecule has 2 aromatic heterocycles. The highest BCUT2D eigenvalue weighted by Crippen LogP contribution is 2.34. The van der Waals surface area contributed by atoms with Crippen molar-refractivity contribution in [2.24, 2.45) is 0 Å². The van der Waals surface area contributed by atoms with Gasteiger partial charge in [-0.15, -0.1) is 0 Å². The predicted molar refractivity (Wildman–Crippen MR) is 134 cm³/mol. The van der Waals surface area contributed by atoms with E-state index >= 15 is 0 Å². The zero-order valence-electron chi connectivity index (χ0n) is 18.2. The Morgan fingerprint density at radius 3 is 2.78 bits per heavy atom. The van der Waals surface area contributed by atoms with Crippen molar-refractivity contribution in [2.45, 2.75) is 26.7 Å². The molecule has 1 N–H and O–H groups in total. The lowest BCUT2D eigenvalue weighted by atomic mass is 10.00. The van der Waals surface area contributed by atoms with Crippen LogP contribution in [0.2, 0.25) is 0 Å². The van der Waals surface area contributed by atoms with Crippen LogP contribution in [0.3, 0.4) is 0 Å². The monoisotopic (exact) mass is 436 g/mol. The molecule has 4 aromatic rings. The van der Waals surface area contributed by atoms with Crippen molar-refractivity contribution in [2.75, 3.05) is 5.32 Å². The molecular formula is C28H24N2OS. The molecule has 158 valence electrons. The number of thiophene rings is 1. The second-order valence-corrected chi connectivity index (χ2v) is 9.06. The highest BCUT2D eigenvalue weighted by atomic mass is 32.1. The minimum atomic E-state index is 0.135. The first kappa shape index (κ1) is 20.4. The molecule has 32 heavy (non-hydrogen) atoms. The Bertz CT molecular complexity index is 1340. The quantitative estimate of drug-likeness (QED) is 0.326. The minimum Gasteiger partial charge on any atom is -0.355 e. The highest BCUT2D eigenvalue weighted by molar-refractivity contribution is 7.08. The van der Waals surface area contributed by atoms with E-state index in [0.717, 1.165) is 62.6 Å². The number of nitrogens with zero attached hydrogens (tertiary/aromatic N) is 1. The lowest BCUT2D eigenvalue weighted by Crippen LogP contribution is -2.05. The van der Waals surface area contributed by atoms with Crippen LogP contribution >= 0.6 is 11.3 Å². The van der Waals surface area contributed by atoms with Crippen molar-refractivity contribution in [1.29, 1.82) is 0 Å². The Morgan fingerprint density at radius 1 is 1.06 bits per heavy atom. The third-order valence-electron chi connectivity index (χ3n) is 5.83. The molecule has 0 saturated heterocycles. The molecule has 0 amide bonds. The summed E-state index contributed by atoms with van der Waals surface area (Å²) < 4.78 is 0. The number of aryl methyl sites for hydroxylation is 2. The molecule has 0 unspecified atom stereocenters. The van der Waals surface area contributed by atoms with Gasteiger partial charge in [0.25, 0.3) is 0 Å². The maximum Gasteiger partial charge on any atom is 0.167 e. The van der Waals surface area contributed by atoms with Crippen molar-refractivity contribution in [3.63, 3.8) is 0 Å².